The molecule has 0 aromatic heterocycles. The van der Waals surface area contributed by atoms with Gasteiger partial charge in [-0.05, 0) is 50.7 Å². The lowest BCUT2D eigenvalue weighted by Crippen LogP contribution is -2.54. The van der Waals surface area contributed by atoms with Gasteiger partial charge < -0.3 is 15.5 Å². The van der Waals surface area contributed by atoms with Crippen molar-refractivity contribution in [1.29, 1.82) is 0 Å². The van der Waals surface area contributed by atoms with E-state index in [4.69, 9.17) is 0 Å². The molecule has 1 aromatic carbocycles. The number of urea groups is 1. The van der Waals surface area contributed by atoms with Crippen molar-refractivity contribution in [3.63, 3.8) is 0 Å². The molecule has 0 unspecified atom stereocenters. The van der Waals surface area contributed by atoms with Crippen molar-refractivity contribution in [2.45, 2.75) is 58.9 Å². The molecular weight excluding hydrogens is 396 g/mol. The molecule has 2 aliphatic rings. The van der Waals surface area contributed by atoms with Gasteiger partial charge in [-0.1, -0.05) is 37.5 Å². The van der Waals surface area contributed by atoms with E-state index in [-0.39, 0.29) is 30.8 Å². The van der Waals surface area contributed by atoms with Gasteiger partial charge in [0.05, 0.1) is 6.54 Å². The largest absolute Gasteiger partial charge is 0.335 e. The zero-order valence-electron chi connectivity index (χ0n) is 19.0. The lowest BCUT2D eigenvalue weighted by atomic mass is 9.73. The number of nitrogens with one attached hydrogen (secondary N) is 2. The van der Waals surface area contributed by atoms with Gasteiger partial charge in [0.1, 0.15) is 12.1 Å². The number of likely N-dealkylation sites (N-methyl/N-ethyl adjacent to an activating group) is 1. The lowest BCUT2D eigenvalue weighted by molar-refractivity contribution is -0.140. The predicted molar refractivity (Wildman–Crippen MR) is 118 cm³/mol. The highest BCUT2D eigenvalue weighted by atomic mass is 16.2. The number of benzene rings is 1. The molecule has 2 N–H and O–H groups in total. The Balaban J connectivity index is 1.61. The molecule has 2 fully saturated rings. The van der Waals surface area contributed by atoms with Gasteiger partial charge in [0.2, 0.25) is 11.8 Å². The van der Waals surface area contributed by atoms with Crippen LogP contribution in [-0.4, -0.2) is 59.2 Å². The second kappa shape index (κ2) is 8.69. The average Bonchev–Trinajstić information content (AvgIpc) is 2.92. The van der Waals surface area contributed by atoms with Crippen LogP contribution >= 0.6 is 0 Å². The molecular formula is C23H32N4O4. The Morgan fingerprint density at radius 3 is 2.45 bits per heavy atom. The van der Waals surface area contributed by atoms with Crippen LogP contribution in [0.5, 0.6) is 0 Å². The number of carbonyl (C=O) groups is 4. The maximum absolute atomic E-state index is 13.0. The van der Waals surface area contributed by atoms with Crippen LogP contribution in [0.3, 0.4) is 0 Å². The summed E-state index contributed by atoms with van der Waals surface area (Å²) in [7, 11) is 1.49. The minimum absolute atomic E-state index is 0.0299. The molecule has 8 heteroatoms. The summed E-state index contributed by atoms with van der Waals surface area (Å²) in [5.74, 6) is -1.10. The van der Waals surface area contributed by atoms with Crippen molar-refractivity contribution in [3.05, 3.63) is 28.8 Å². The van der Waals surface area contributed by atoms with Crippen LogP contribution in [0.1, 0.15) is 49.3 Å². The van der Waals surface area contributed by atoms with Crippen molar-refractivity contribution in [2.24, 2.45) is 5.92 Å². The van der Waals surface area contributed by atoms with Crippen molar-refractivity contribution >= 4 is 29.4 Å². The fourth-order valence-corrected chi connectivity index (χ4v) is 4.75. The average molecular weight is 429 g/mol. The quantitative estimate of drug-likeness (QED) is 0.704. The van der Waals surface area contributed by atoms with Crippen LogP contribution in [0.15, 0.2) is 12.1 Å². The first kappa shape index (κ1) is 22.8. The number of nitrogens with zero attached hydrogens (tertiary/aromatic N) is 2. The first-order valence-corrected chi connectivity index (χ1v) is 10.8. The first-order chi connectivity index (χ1) is 14.5. The lowest BCUT2D eigenvalue weighted by Gasteiger charge is -2.36. The summed E-state index contributed by atoms with van der Waals surface area (Å²) in [5, 5.41) is 5.70. The van der Waals surface area contributed by atoms with Crippen LogP contribution in [0, 0.1) is 26.7 Å². The molecule has 0 radical (unpaired) electrons. The molecule has 168 valence electrons. The highest BCUT2D eigenvalue weighted by molar-refractivity contribution is 6.09. The third-order valence-corrected chi connectivity index (χ3v) is 6.54. The Labute approximate surface area is 183 Å². The minimum Gasteiger partial charge on any atom is -0.335 e. The maximum Gasteiger partial charge on any atom is 0.325 e. The summed E-state index contributed by atoms with van der Waals surface area (Å²) in [6.45, 7) is 7.26. The van der Waals surface area contributed by atoms with Gasteiger partial charge in [-0.15, -0.1) is 0 Å². The summed E-state index contributed by atoms with van der Waals surface area (Å²) >= 11 is 0. The SMILES string of the molecule is Cc1cc(C)c(NC(=O)CN(C)C(=O)CN2C(=O)N[C@]3(CCCC[C@H]3C)C2=O)c(C)c1. The molecule has 8 nitrogen and oxygen atoms in total. The number of imide groups is 1. The van der Waals surface area contributed by atoms with Gasteiger partial charge in [-0.3, -0.25) is 19.3 Å². The number of hydrogen-bond acceptors (Lipinski definition) is 4. The van der Waals surface area contributed by atoms with Gasteiger partial charge in [-0.2, -0.15) is 0 Å². The zero-order valence-corrected chi connectivity index (χ0v) is 19.0. The maximum atomic E-state index is 13.0. The first-order valence-electron chi connectivity index (χ1n) is 10.8. The van der Waals surface area contributed by atoms with Gasteiger partial charge in [0.15, 0.2) is 0 Å². The summed E-state index contributed by atoms with van der Waals surface area (Å²) in [4.78, 5) is 52.9. The molecule has 1 saturated carbocycles. The van der Waals surface area contributed by atoms with E-state index >= 15 is 0 Å². The third-order valence-electron chi connectivity index (χ3n) is 6.54. The third kappa shape index (κ3) is 4.43. The number of hydrogen-bond donors (Lipinski definition) is 2. The molecule has 1 aliphatic heterocycles. The van der Waals surface area contributed by atoms with E-state index < -0.39 is 17.5 Å². The van der Waals surface area contributed by atoms with Gasteiger partial charge in [-0.25, -0.2) is 4.79 Å². The smallest absolute Gasteiger partial charge is 0.325 e. The van der Waals surface area contributed by atoms with Crippen LogP contribution in [0.2, 0.25) is 0 Å². The second-order valence-electron chi connectivity index (χ2n) is 9.01. The Morgan fingerprint density at radius 2 is 1.84 bits per heavy atom. The number of rotatable bonds is 5. The van der Waals surface area contributed by atoms with Crippen molar-refractivity contribution < 1.29 is 19.2 Å². The van der Waals surface area contributed by atoms with Gasteiger partial charge >= 0.3 is 6.03 Å². The van der Waals surface area contributed by atoms with E-state index in [1.165, 1.54) is 11.9 Å². The highest BCUT2D eigenvalue weighted by Crippen LogP contribution is 2.38. The molecule has 2 atom stereocenters. The molecule has 0 bridgehead atoms. The summed E-state index contributed by atoms with van der Waals surface area (Å²) in [5.41, 5.74) is 2.85. The van der Waals surface area contributed by atoms with E-state index in [1.807, 2.05) is 39.8 Å². The molecule has 31 heavy (non-hydrogen) atoms. The van der Waals surface area contributed by atoms with E-state index in [9.17, 15) is 19.2 Å². The van der Waals surface area contributed by atoms with Crippen LogP contribution in [0.25, 0.3) is 0 Å². The zero-order chi connectivity index (χ0) is 22.9. The Kier molecular flexibility index (Phi) is 6.38. The molecule has 5 amide bonds. The highest BCUT2D eigenvalue weighted by Gasteiger charge is 2.55. The molecule has 1 aromatic rings. The summed E-state index contributed by atoms with van der Waals surface area (Å²) in [6.07, 6.45) is 3.36. The number of carbonyl (C=O) groups excluding carboxylic acids is 4. The molecule has 3 rings (SSSR count). The standard InChI is InChI=1S/C23H32N4O4/c1-14-10-15(2)20(16(3)11-14)24-18(28)12-26(5)19(29)13-27-21(30)23(25-22(27)31)9-7-6-8-17(23)4/h10-11,17H,6-9,12-13H2,1-5H3,(H,24,28)(H,25,31)/t17-,23+/m1/s1. The van der Waals surface area contributed by atoms with Gasteiger partial charge in [0.25, 0.3) is 5.91 Å². The second-order valence-corrected chi connectivity index (χ2v) is 9.01. The number of anilines is 1. The fourth-order valence-electron chi connectivity index (χ4n) is 4.75. The molecule has 1 aliphatic carbocycles. The minimum atomic E-state index is -0.897. The van der Waals surface area contributed by atoms with Gasteiger partial charge in [0, 0.05) is 12.7 Å². The van der Waals surface area contributed by atoms with Crippen molar-refractivity contribution in [2.75, 3.05) is 25.5 Å². The number of aryl methyl sites for hydroxylation is 3. The molecule has 1 saturated heterocycles. The monoisotopic (exact) mass is 428 g/mol. The fraction of sp³-hybridized carbons (Fsp3) is 0.565. The summed E-state index contributed by atoms with van der Waals surface area (Å²) in [6, 6.07) is 3.43. The van der Waals surface area contributed by atoms with E-state index in [0.29, 0.717) is 6.42 Å². The Morgan fingerprint density at radius 1 is 1.19 bits per heavy atom. The summed E-state index contributed by atoms with van der Waals surface area (Å²) < 4.78 is 0. The van der Waals surface area contributed by atoms with Crippen molar-refractivity contribution in [1.82, 2.24) is 15.1 Å². The Bertz CT molecular complexity index is 905. The normalized spacial score (nSPS) is 23.1. The van der Waals surface area contributed by atoms with Crippen LogP contribution < -0.4 is 10.6 Å². The van der Waals surface area contributed by atoms with E-state index in [1.54, 1.807) is 0 Å². The number of amides is 5. The van der Waals surface area contributed by atoms with Crippen LogP contribution in [0.4, 0.5) is 10.5 Å². The predicted octanol–water partition coefficient (Wildman–Crippen LogP) is 2.51. The topological polar surface area (TPSA) is 98.8 Å². The molecule has 1 spiro atoms. The van der Waals surface area contributed by atoms with E-state index in [0.717, 1.165) is 46.5 Å². The van der Waals surface area contributed by atoms with Crippen LogP contribution in [-0.2, 0) is 14.4 Å². The molecule has 1 heterocycles. The van der Waals surface area contributed by atoms with E-state index in [2.05, 4.69) is 10.6 Å². The van der Waals surface area contributed by atoms with Crippen molar-refractivity contribution in [3.8, 4) is 0 Å². The Hall–Kier alpha value is -2.90.